The molecular formula is C15H28N2O3. The SMILES string of the molecule is CCCC(CC(=O)O)NC(=O)N1CCC(C)(CC)CC1. The average molecular weight is 284 g/mol. The summed E-state index contributed by atoms with van der Waals surface area (Å²) in [7, 11) is 0. The maximum atomic E-state index is 12.2. The molecule has 20 heavy (non-hydrogen) atoms. The molecule has 1 heterocycles. The van der Waals surface area contributed by atoms with Crippen LogP contribution in [0.5, 0.6) is 0 Å². The first-order valence-electron chi connectivity index (χ1n) is 7.67. The van der Waals surface area contributed by atoms with Gasteiger partial charge in [-0.3, -0.25) is 4.79 Å². The van der Waals surface area contributed by atoms with Crippen molar-refractivity contribution in [3.05, 3.63) is 0 Å². The average Bonchev–Trinajstić information content (AvgIpc) is 2.39. The first-order valence-corrected chi connectivity index (χ1v) is 7.67. The van der Waals surface area contributed by atoms with Gasteiger partial charge in [0.05, 0.1) is 6.42 Å². The highest BCUT2D eigenvalue weighted by molar-refractivity contribution is 5.76. The predicted octanol–water partition coefficient (Wildman–Crippen LogP) is 2.85. The van der Waals surface area contributed by atoms with Gasteiger partial charge in [-0.15, -0.1) is 0 Å². The number of rotatable bonds is 6. The summed E-state index contributed by atoms with van der Waals surface area (Å²) in [4.78, 5) is 24.8. The predicted molar refractivity (Wildman–Crippen MR) is 78.7 cm³/mol. The lowest BCUT2D eigenvalue weighted by Gasteiger charge is -2.39. The Balaban J connectivity index is 2.47. The number of piperidine rings is 1. The Kier molecular flexibility index (Phi) is 6.30. The molecule has 0 aliphatic carbocycles. The highest BCUT2D eigenvalue weighted by Gasteiger charge is 2.30. The Hall–Kier alpha value is -1.26. The zero-order valence-electron chi connectivity index (χ0n) is 12.9. The number of urea groups is 1. The van der Waals surface area contributed by atoms with Crippen molar-refractivity contribution in [1.29, 1.82) is 0 Å². The van der Waals surface area contributed by atoms with E-state index >= 15 is 0 Å². The lowest BCUT2D eigenvalue weighted by Crippen LogP contribution is -2.49. The number of carbonyl (C=O) groups is 2. The molecule has 0 spiro atoms. The minimum atomic E-state index is -0.860. The van der Waals surface area contributed by atoms with Crippen LogP contribution in [0.15, 0.2) is 0 Å². The summed E-state index contributed by atoms with van der Waals surface area (Å²) in [5, 5.41) is 11.7. The molecule has 1 unspecified atom stereocenters. The lowest BCUT2D eigenvalue weighted by atomic mass is 9.78. The Morgan fingerprint density at radius 1 is 1.30 bits per heavy atom. The molecular weight excluding hydrogens is 256 g/mol. The van der Waals surface area contributed by atoms with Gasteiger partial charge in [0.2, 0.25) is 0 Å². The maximum absolute atomic E-state index is 12.2. The minimum absolute atomic E-state index is 0.0000945. The Morgan fingerprint density at radius 2 is 1.90 bits per heavy atom. The van der Waals surface area contributed by atoms with E-state index < -0.39 is 5.97 Å². The fourth-order valence-corrected chi connectivity index (χ4v) is 2.65. The smallest absolute Gasteiger partial charge is 0.317 e. The van der Waals surface area contributed by atoms with Crippen LogP contribution in [0.25, 0.3) is 0 Å². The summed E-state index contributed by atoms with van der Waals surface area (Å²) >= 11 is 0. The molecule has 1 atom stereocenters. The number of hydrogen-bond acceptors (Lipinski definition) is 2. The van der Waals surface area contributed by atoms with E-state index in [0.29, 0.717) is 11.8 Å². The van der Waals surface area contributed by atoms with Gasteiger partial charge in [-0.1, -0.05) is 33.6 Å². The topological polar surface area (TPSA) is 69.6 Å². The van der Waals surface area contributed by atoms with Gasteiger partial charge < -0.3 is 15.3 Å². The fraction of sp³-hybridized carbons (Fsp3) is 0.867. The highest BCUT2D eigenvalue weighted by Crippen LogP contribution is 2.33. The molecule has 116 valence electrons. The zero-order valence-corrected chi connectivity index (χ0v) is 12.9. The molecule has 1 fully saturated rings. The second-order valence-electron chi connectivity index (χ2n) is 6.18. The van der Waals surface area contributed by atoms with Crippen molar-refractivity contribution in [1.82, 2.24) is 10.2 Å². The fourth-order valence-electron chi connectivity index (χ4n) is 2.65. The molecule has 0 aromatic carbocycles. The number of aliphatic carboxylic acids is 1. The quantitative estimate of drug-likeness (QED) is 0.788. The number of nitrogens with one attached hydrogen (secondary N) is 1. The first-order chi connectivity index (χ1) is 9.40. The van der Waals surface area contributed by atoms with Crippen molar-refractivity contribution in [2.45, 2.75) is 65.3 Å². The number of carbonyl (C=O) groups excluding carboxylic acids is 1. The largest absolute Gasteiger partial charge is 0.481 e. The summed E-state index contributed by atoms with van der Waals surface area (Å²) in [5.74, 6) is -0.860. The van der Waals surface area contributed by atoms with E-state index in [-0.39, 0.29) is 18.5 Å². The molecule has 0 radical (unpaired) electrons. The summed E-state index contributed by atoms with van der Waals surface area (Å²) in [5.41, 5.74) is 0.348. The normalized spacial score (nSPS) is 19.4. The van der Waals surface area contributed by atoms with Gasteiger partial charge in [0.1, 0.15) is 0 Å². The van der Waals surface area contributed by atoms with Crippen LogP contribution in [0.4, 0.5) is 4.79 Å². The molecule has 0 aromatic rings. The first kappa shape index (κ1) is 16.8. The van der Waals surface area contributed by atoms with E-state index in [4.69, 9.17) is 5.11 Å². The van der Waals surface area contributed by atoms with Crippen molar-refractivity contribution in [2.75, 3.05) is 13.1 Å². The Bertz CT molecular complexity index is 336. The van der Waals surface area contributed by atoms with Crippen LogP contribution in [0.3, 0.4) is 0 Å². The van der Waals surface area contributed by atoms with Gasteiger partial charge in [-0.25, -0.2) is 4.79 Å². The van der Waals surface area contributed by atoms with E-state index in [1.165, 1.54) is 0 Å². The molecule has 1 aliphatic rings. The monoisotopic (exact) mass is 284 g/mol. The van der Waals surface area contributed by atoms with Gasteiger partial charge in [-0.05, 0) is 24.7 Å². The second-order valence-corrected chi connectivity index (χ2v) is 6.18. The van der Waals surface area contributed by atoms with E-state index in [0.717, 1.165) is 38.8 Å². The molecule has 1 aliphatic heterocycles. The standard InChI is InChI=1S/C15H28N2O3/c1-4-6-12(11-13(18)19)16-14(20)17-9-7-15(3,5-2)8-10-17/h12H,4-11H2,1-3H3,(H,16,20)(H,18,19). The zero-order chi connectivity index (χ0) is 15.2. The van der Waals surface area contributed by atoms with Gasteiger partial charge in [0, 0.05) is 19.1 Å². The van der Waals surface area contributed by atoms with E-state index in [1.54, 1.807) is 0 Å². The van der Waals surface area contributed by atoms with Crippen LogP contribution in [-0.2, 0) is 4.79 Å². The summed E-state index contributed by atoms with van der Waals surface area (Å²) in [6, 6.07) is -0.368. The van der Waals surface area contributed by atoms with Crippen LogP contribution in [0.2, 0.25) is 0 Å². The van der Waals surface area contributed by atoms with Crippen LogP contribution in [0.1, 0.15) is 59.3 Å². The van der Waals surface area contributed by atoms with E-state index in [1.807, 2.05) is 11.8 Å². The Morgan fingerprint density at radius 3 is 2.35 bits per heavy atom. The second kappa shape index (κ2) is 7.50. The van der Waals surface area contributed by atoms with E-state index in [9.17, 15) is 9.59 Å². The van der Waals surface area contributed by atoms with Crippen LogP contribution in [0, 0.1) is 5.41 Å². The molecule has 1 saturated heterocycles. The number of carboxylic acids is 1. The molecule has 2 N–H and O–H groups in total. The Labute approximate surface area is 121 Å². The summed E-state index contributed by atoms with van der Waals surface area (Å²) in [6.07, 6.45) is 4.76. The van der Waals surface area contributed by atoms with Gasteiger partial charge in [0.25, 0.3) is 0 Å². The van der Waals surface area contributed by atoms with Gasteiger partial charge in [-0.2, -0.15) is 0 Å². The highest BCUT2D eigenvalue weighted by atomic mass is 16.4. The molecule has 1 rings (SSSR count). The van der Waals surface area contributed by atoms with Crippen molar-refractivity contribution in [2.24, 2.45) is 5.41 Å². The van der Waals surface area contributed by atoms with E-state index in [2.05, 4.69) is 19.2 Å². The number of amides is 2. The molecule has 2 amide bonds. The third kappa shape index (κ3) is 5.02. The maximum Gasteiger partial charge on any atom is 0.317 e. The van der Waals surface area contributed by atoms with Crippen LogP contribution in [-0.4, -0.2) is 41.1 Å². The lowest BCUT2D eigenvalue weighted by molar-refractivity contribution is -0.137. The minimum Gasteiger partial charge on any atom is -0.481 e. The van der Waals surface area contributed by atoms with Gasteiger partial charge in [0.15, 0.2) is 0 Å². The molecule has 0 saturated carbocycles. The number of hydrogen-bond donors (Lipinski definition) is 2. The van der Waals surface area contributed by atoms with Crippen molar-refractivity contribution < 1.29 is 14.7 Å². The number of carboxylic acid groups (broad SMARTS) is 1. The van der Waals surface area contributed by atoms with Crippen LogP contribution < -0.4 is 5.32 Å². The summed E-state index contributed by atoms with van der Waals surface area (Å²) < 4.78 is 0. The molecule has 0 aromatic heterocycles. The number of likely N-dealkylation sites (tertiary alicyclic amines) is 1. The third-order valence-electron chi connectivity index (χ3n) is 4.50. The van der Waals surface area contributed by atoms with Crippen molar-refractivity contribution in [3.8, 4) is 0 Å². The van der Waals surface area contributed by atoms with Crippen molar-refractivity contribution in [3.63, 3.8) is 0 Å². The van der Waals surface area contributed by atoms with Crippen molar-refractivity contribution >= 4 is 12.0 Å². The van der Waals surface area contributed by atoms with Gasteiger partial charge >= 0.3 is 12.0 Å². The van der Waals surface area contributed by atoms with Crippen LogP contribution >= 0.6 is 0 Å². The molecule has 0 bridgehead atoms. The number of nitrogens with zero attached hydrogens (tertiary/aromatic N) is 1. The third-order valence-corrected chi connectivity index (χ3v) is 4.50. The molecule has 5 heteroatoms. The summed E-state index contributed by atoms with van der Waals surface area (Å²) in [6.45, 7) is 7.99. The molecule has 5 nitrogen and oxygen atoms in total.